The molecule has 0 aliphatic rings. The van der Waals surface area contributed by atoms with E-state index >= 15 is 0 Å². The molecule has 0 aliphatic heterocycles. The monoisotopic (exact) mass is 335 g/mol. The van der Waals surface area contributed by atoms with Crippen LogP contribution >= 0.6 is 11.6 Å². The van der Waals surface area contributed by atoms with Crippen molar-refractivity contribution in [3.63, 3.8) is 0 Å². The Morgan fingerprint density at radius 1 is 1.17 bits per heavy atom. The molecular weight excluding hydrogens is 318 g/mol. The molecule has 0 heterocycles. The van der Waals surface area contributed by atoms with Crippen molar-refractivity contribution >= 4 is 17.5 Å². The van der Waals surface area contributed by atoms with E-state index in [2.05, 4.69) is 5.32 Å². The van der Waals surface area contributed by atoms with Gasteiger partial charge in [0.1, 0.15) is 12.7 Å². The predicted octanol–water partition coefficient (Wildman–Crippen LogP) is 2.52. The molecule has 2 aromatic rings. The van der Waals surface area contributed by atoms with Gasteiger partial charge >= 0.3 is 0 Å². The van der Waals surface area contributed by atoms with Gasteiger partial charge in [-0.3, -0.25) is 4.79 Å². The number of methoxy groups -OCH3 is 1. The smallest absolute Gasteiger partial charge is 0.251 e. The minimum absolute atomic E-state index is 0.0429. The van der Waals surface area contributed by atoms with Crippen molar-refractivity contribution in [3.05, 3.63) is 59.1 Å². The summed E-state index contributed by atoms with van der Waals surface area (Å²) < 4.78 is 10.7. The highest BCUT2D eigenvalue weighted by molar-refractivity contribution is 6.30. The molecule has 0 spiro atoms. The predicted molar refractivity (Wildman–Crippen MR) is 88.3 cm³/mol. The first-order valence-corrected chi connectivity index (χ1v) is 7.45. The minimum atomic E-state index is -0.837. The maximum Gasteiger partial charge on any atom is 0.251 e. The molecule has 6 heteroatoms. The number of carbonyl (C=O) groups excluding carboxylic acids is 1. The molecule has 2 rings (SSSR count). The quantitative estimate of drug-likeness (QED) is 0.816. The molecule has 0 bridgehead atoms. The Labute approximate surface area is 139 Å². The molecule has 1 unspecified atom stereocenters. The van der Waals surface area contributed by atoms with Gasteiger partial charge in [0.25, 0.3) is 5.91 Å². The fourth-order valence-electron chi connectivity index (χ4n) is 1.90. The Bertz CT molecular complexity index is 645. The summed E-state index contributed by atoms with van der Waals surface area (Å²) in [6.45, 7) is 0.123. The number of aliphatic hydroxyl groups is 1. The van der Waals surface area contributed by atoms with Crippen molar-refractivity contribution in [1.29, 1.82) is 0 Å². The largest absolute Gasteiger partial charge is 0.493 e. The molecule has 0 aliphatic carbocycles. The van der Waals surface area contributed by atoms with Gasteiger partial charge in [0, 0.05) is 17.1 Å². The van der Waals surface area contributed by atoms with E-state index in [4.69, 9.17) is 21.1 Å². The summed E-state index contributed by atoms with van der Waals surface area (Å²) in [5.74, 6) is 0.848. The third kappa shape index (κ3) is 5.16. The highest BCUT2D eigenvalue weighted by Gasteiger charge is 2.11. The van der Waals surface area contributed by atoms with Gasteiger partial charge in [-0.25, -0.2) is 0 Å². The molecule has 2 aromatic carbocycles. The van der Waals surface area contributed by atoms with Crippen LogP contribution in [0.4, 0.5) is 0 Å². The Morgan fingerprint density at radius 2 is 1.83 bits per heavy atom. The summed E-state index contributed by atoms with van der Waals surface area (Å²) >= 11 is 5.77. The van der Waals surface area contributed by atoms with E-state index in [0.29, 0.717) is 22.1 Å². The van der Waals surface area contributed by atoms with Crippen molar-refractivity contribution in [1.82, 2.24) is 5.32 Å². The van der Waals surface area contributed by atoms with E-state index in [9.17, 15) is 9.90 Å². The second-order valence-corrected chi connectivity index (χ2v) is 5.27. The number of aliphatic hydroxyl groups excluding tert-OH is 1. The number of hydrogen-bond acceptors (Lipinski definition) is 4. The van der Waals surface area contributed by atoms with Crippen LogP contribution in [0.5, 0.6) is 11.5 Å². The molecule has 2 N–H and O–H groups in total. The van der Waals surface area contributed by atoms with Gasteiger partial charge in [-0.15, -0.1) is 0 Å². The first-order chi connectivity index (χ1) is 11.1. The van der Waals surface area contributed by atoms with E-state index in [0.717, 1.165) is 0 Å². The molecule has 0 aromatic heterocycles. The molecule has 1 atom stereocenters. The second-order valence-electron chi connectivity index (χ2n) is 4.83. The lowest BCUT2D eigenvalue weighted by Gasteiger charge is -2.15. The zero-order chi connectivity index (χ0) is 16.7. The number of rotatable bonds is 7. The van der Waals surface area contributed by atoms with E-state index in [1.54, 1.807) is 43.5 Å². The highest BCUT2D eigenvalue weighted by Crippen LogP contribution is 2.25. The van der Waals surface area contributed by atoms with E-state index in [-0.39, 0.29) is 19.1 Å². The Balaban J connectivity index is 1.79. The van der Waals surface area contributed by atoms with E-state index < -0.39 is 6.10 Å². The number of hydrogen-bond donors (Lipinski definition) is 2. The van der Waals surface area contributed by atoms with E-state index in [1.807, 2.05) is 12.1 Å². The average molecular weight is 336 g/mol. The normalized spacial score (nSPS) is 11.6. The van der Waals surface area contributed by atoms with Crippen LogP contribution in [0.1, 0.15) is 10.4 Å². The molecular formula is C17H18ClNO4. The number of para-hydroxylation sites is 2. The van der Waals surface area contributed by atoms with Gasteiger partial charge in [-0.1, -0.05) is 23.7 Å². The highest BCUT2D eigenvalue weighted by atomic mass is 35.5. The molecule has 0 saturated carbocycles. The first kappa shape index (κ1) is 17.1. The molecule has 1 amide bonds. The van der Waals surface area contributed by atoms with Crippen molar-refractivity contribution in [2.45, 2.75) is 6.10 Å². The van der Waals surface area contributed by atoms with Crippen LogP contribution < -0.4 is 14.8 Å². The van der Waals surface area contributed by atoms with Gasteiger partial charge in [0.2, 0.25) is 0 Å². The number of ether oxygens (including phenoxy) is 2. The van der Waals surface area contributed by atoms with Crippen LogP contribution in [0.2, 0.25) is 5.02 Å². The first-order valence-electron chi connectivity index (χ1n) is 7.08. The van der Waals surface area contributed by atoms with Gasteiger partial charge < -0.3 is 19.9 Å². The molecule has 0 saturated heterocycles. The van der Waals surface area contributed by atoms with Crippen LogP contribution in [-0.4, -0.2) is 37.4 Å². The minimum Gasteiger partial charge on any atom is -0.493 e. The number of carbonyl (C=O) groups is 1. The maximum absolute atomic E-state index is 11.9. The van der Waals surface area contributed by atoms with Crippen molar-refractivity contribution < 1.29 is 19.4 Å². The lowest BCUT2D eigenvalue weighted by molar-refractivity contribution is 0.0839. The van der Waals surface area contributed by atoms with Gasteiger partial charge in [-0.05, 0) is 36.4 Å². The van der Waals surface area contributed by atoms with Crippen LogP contribution in [-0.2, 0) is 0 Å². The molecule has 0 radical (unpaired) electrons. The van der Waals surface area contributed by atoms with Gasteiger partial charge in [0.15, 0.2) is 11.5 Å². The van der Waals surface area contributed by atoms with Crippen molar-refractivity contribution in [2.24, 2.45) is 0 Å². The van der Waals surface area contributed by atoms with Gasteiger partial charge in [-0.2, -0.15) is 0 Å². The molecule has 122 valence electrons. The molecule has 5 nitrogen and oxygen atoms in total. The topological polar surface area (TPSA) is 67.8 Å². The average Bonchev–Trinajstić information content (AvgIpc) is 2.58. The Hall–Kier alpha value is -2.24. The van der Waals surface area contributed by atoms with Crippen LogP contribution in [0.15, 0.2) is 48.5 Å². The van der Waals surface area contributed by atoms with Crippen molar-refractivity contribution in [3.8, 4) is 11.5 Å². The summed E-state index contributed by atoms with van der Waals surface area (Å²) in [7, 11) is 1.55. The lowest BCUT2D eigenvalue weighted by Crippen LogP contribution is -2.35. The molecule has 0 fully saturated rings. The SMILES string of the molecule is COc1ccccc1OCC(O)CNC(=O)c1ccc(Cl)cc1. The second kappa shape index (κ2) is 8.41. The zero-order valence-corrected chi connectivity index (χ0v) is 13.4. The summed E-state index contributed by atoms with van der Waals surface area (Å²) in [4.78, 5) is 11.9. The fraction of sp³-hybridized carbons (Fsp3) is 0.235. The van der Waals surface area contributed by atoms with Crippen LogP contribution in [0, 0.1) is 0 Å². The van der Waals surface area contributed by atoms with Gasteiger partial charge in [0.05, 0.1) is 7.11 Å². The summed E-state index contributed by atoms with van der Waals surface area (Å²) in [5, 5.41) is 13.1. The third-order valence-electron chi connectivity index (χ3n) is 3.10. The number of nitrogens with one attached hydrogen (secondary N) is 1. The Kier molecular flexibility index (Phi) is 6.26. The Morgan fingerprint density at radius 3 is 2.48 bits per heavy atom. The number of benzene rings is 2. The number of amides is 1. The third-order valence-corrected chi connectivity index (χ3v) is 3.36. The zero-order valence-electron chi connectivity index (χ0n) is 12.7. The van der Waals surface area contributed by atoms with E-state index in [1.165, 1.54) is 0 Å². The number of halogens is 1. The standard InChI is InChI=1S/C17H18ClNO4/c1-22-15-4-2-3-5-16(15)23-11-14(20)10-19-17(21)12-6-8-13(18)9-7-12/h2-9,14,20H,10-11H2,1H3,(H,19,21). The van der Waals surface area contributed by atoms with Crippen LogP contribution in [0.3, 0.4) is 0 Å². The fourth-order valence-corrected chi connectivity index (χ4v) is 2.02. The maximum atomic E-state index is 11.9. The summed E-state index contributed by atoms with van der Waals surface area (Å²) in [5.41, 5.74) is 0.479. The van der Waals surface area contributed by atoms with Crippen molar-refractivity contribution in [2.75, 3.05) is 20.3 Å². The summed E-state index contributed by atoms with van der Waals surface area (Å²) in [6, 6.07) is 13.7. The lowest BCUT2D eigenvalue weighted by atomic mass is 10.2. The molecule has 23 heavy (non-hydrogen) atoms. The van der Waals surface area contributed by atoms with Crippen LogP contribution in [0.25, 0.3) is 0 Å². The summed E-state index contributed by atoms with van der Waals surface area (Å²) in [6.07, 6.45) is -0.837.